The molecule has 3 rings (SSSR count). The smallest absolute Gasteiger partial charge is 0.264 e. The maximum atomic E-state index is 12.8. The summed E-state index contributed by atoms with van der Waals surface area (Å²) < 4.78 is 27.9. The molecule has 0 bridgehead atoms. The molecule has 0 saturated carbocycles. The zero-order valence-corrected chi connectivity index (χ0v) is 18.5. The van der Waals surface area contributed by atoms with Crippen molar-refractivity contribution >= 4 is 37.5 Å². The van der Waals surface area contributed by atoms with E-state index in [9.17, 15) is 13.2 Å². The number of amides is 1. The fourth-order valence-electron chi connectivity index (χ4n) is 2.86. The van der Waals surface area contributed by atoms with Gasteiger partial charge in [-0.3, -0.25) is 9.10 Å². The van der Waals surface area contributed by atoms with E-state index >= 15 is 0 Å². The second-order valence-corrected chi connectivity index (χ2v) is 9.51. The van der Waals surface area contributed by atoms with Gasteiger partial charge in [-0.25, -0.2) is 8.42 Å². The first-order chi connectivity index (χ1) is 13.8. The van der Waals surface area contributed by atoms with Gasteiger partial charge in [-0.15, -0.1) is 0 Å². The lowest BCUT2D eigenvalue weighted by atomic mass is 10.1. The first kappa shape index (κ1) is 21.1. The number of hydrogen-bond donors (Lipinski definition) is 0. The van der Waals surface area contributed by atoms with Crippen LogP contribution in [-0.4, -0.2) is 33.3 Å². The van der Waals surface area contributed by atoms with Gasteiger partial charge in [0.1, 0.15) is 0 Å². The highest BCUT2D eigenvalue weighted by Gasteiger charge is 2.22. The molecule has 3 aromatic carbocycles. The number of carbonyl (C=O) groups excluding carboxylic acids is 1. The molecule has 0 aromatic heterocycles. The summed E-state index contributed by atoms with van der Waals surface area (Å²) in [6, 6.07) is 22.6. The summed E-state index contributed by atoms with van der Waals surface area (Å²) in [5.74, 6) is -0.173. The minimum Gasteiger partial charge on any atom is -0.337 e. The predicted molar refractivity (Wildman–Crippen MR) is 118 cm³/mol. The van der Waals surface area contributed by atoms with Crippen molar-refractivity contribution in [2.24, 2.45) is 0 Å². The van der Waals surface area contributed by atoms with Crippen LogP contribution in [0.3, 0.4) is 0 Å². The Balaban J connectivity index is 1.75. The standard InChI is InChI=1S/C22H21BrN2O3S/c1-24(16-17-8-12-19(23)13-9-17)22(26)18-10-14-21(15-11-18)29(27,28)25(2)20-6-4-3-5-7-20/h3-15H,16H2,1-2H3. The number of para-hydroxylation sites is 1. The Hall–Kier alpha value is -2.64. The van der Waals surface area contributed by atoms with Crippen molar-refractivity contribution in [2.45, 2.75) is 11.4 Å². The number of benzene rings is 3. The number of nitrogens with zero attached hydrogens (tertiary/aromatic N) is 2. The topological polar surface area (TPSA) is 57.7 Å². The average molecular weight is 473 g/mol. The Morgan fingerprint density at radius 2 is 1.45 bits per heavy atom. The summed E-state index contributed by atoms with van der Waals surface area (Å²) in [5, 5.41) is 0. The minimum atomic E-state index is -3.70. The minimum absolute atomic E-state index is 0.135. The van der Waals surface area contributed by atoms with Crippen LogP contribution >= 0.6 is 15.9 Å². The van der Waals surface area contributed by atoms with Crippen molar-refractivity contribution in [3.05, 3.63) is 94.5 Å². The van der Waals surface area contributed by atoms with Crippen molar-refractivity contribution in [2.75, 3.05) is 18.4 Å². The summed E-state index contributed by atoms with van der Waals surface area (Å²) in [5.41, 5.74) is 2.01. The van der Waals surface area contributed by atoms with Gasteiger partial charge in [-0.2, -0.15) is 0 Å². The lowest BCUT2D eigenvalue weighted by molar-refractivity contribution is 0.0785. The molecule has 0 atom stereocenters. The van der Waals surface area contributed by atoms with Crippen LogP contribution in [0.5, 0.6) is 0 Å². The summed E-state index contributed by atoms with van der Waals surface area (Å²) in [7, 11) is -0.473. The SMILES string of the molecule is CN(Cc1ccc(Br)cc1)C(=O)c1ccc(S(=O)(=O)N(C)c2ccccc2)cc1. The summed E-state index contributed by atoms with van der Waals surface area (Å²) in [6.45, 7) is 0.461. The molecular weight excluding hydrogens is 452 g/mol. The van der Waals surface area contributed by atoms with Gasteiger partial charge < -0.3 is 4.90 Å². The fraction of sp³-hybridized carbons (Fsp3) is 0.136. The molecule has 0 heterocycles. The third-order valence-electron chi connectivity index (χ3n) is 4.56. The molecule has 150 valence electrons. The molecule has 5 nitrogen and oxygen atoms in total. The second kappa shape index (κ2) is 8.80. The van der Waals surface area contributed by atoms with Crippen LogP contribution in [0.15, 0.2) is 88.2 Å². The van der Waals surface area contributed by atoms with Crippen molar-refractivity contribution < 1.29 is 13.2 Å². The Kier molecular flexibility index (Phi) is 6.39. The molecule has 29 heavy (non-hydrogen) atoms. The van der Waals surface area contributed by atoms with Gasteiger partial charge in [0, 0.05) is 30.7 Å². The molecule has 0 aliphatic heterocycles. The van der Waals surface area contributed by atoms with Crippen LogP contribution in [0.1, 0.15) is 15.9 Å². The van der Waals surface area contributed by atoms with Crippen molar-refractivity contribution in [1.82, 2.24) is 4.90 Å². The van der Waals surface area contributed by atoms with Crippen LogP contribution in [0, 0.1) is 0 Å². The number of halogens is 1. The fourth-order valence-corrected chi connectivity index (χ4v) is 4.32. The molecule has 0 aliphatic rings. The number of carbonyl (C=O) groups is 1. The van der Waals surface area contributed by atoms with Crippen LogP contribution in [0.2, 0.25) is 0 Å². The van der Waals surface area contributed by atoms with Crippen molar-refractivity contribution in [1.29, 1.82) is 0 Å². The molecule has 0 N–H and O–H groups in total. The van der Waals surface area contributed by atoms with E-state index in [0.29, 0.717) is 17.8 Å². The molecule has 0 saturated heterocycles. The molecule has 3 aromatic rings. The molecule has 0 unspecified atom stereocenters. The predicted octanol–water partition coefficient (Wildman–Crippen LogP) is 4.55. The van der Waals surface area contributed by atoms with Crippen molar-refractivity contribution in [3.8, 4) is 0 Å². The Morgan fingerprint density at radius 1 is 0.862 bits per heavy atom. The van der Waals surface area contributed by atoms with E-state index < -0.39 is 10.0 Å². The van der Waals surface area contributed by atoms with E-state index in [0.717, 1.165) is 10.0 Å². The van der Waals surface area contributed by atoms with Crippen LogP contribution in [0.4, 0.5) is 5.69 Å². The van der Waals surface area contributed by atoms with E-state index in [-0.39, 0.29) is 10.8 Å². The number of hydrogen-bond acceptors (Lipinski definition) is 3. The van der Waals surface area contributed by atoms with Crippen LogP contribution < -0.4 is 4.31 Å². The zero-order chi connectivity index (χ0) is 21.0. The quantitative estimate of drug-likeness (QED) is 0.528. The molecule has 7 heteroatoms. The summed E-state index contributed by atoms with van der Waals surface area (Å²) in [4.78, 5) is 14.4. The number of anilines is 1. The van der Waals surface area contributed by atoms with E-state index in [1.165, 1.54) is 23.5 Å². The largest absolute Gasteiger partial charge is 0.337 e. The van der Waals surface area contributed by atoms with Gasteiger partial charge >= 0.3 is 0 Å². The highest BCUT2D eigenvalue weighted by Crippen LogP contribution is 2.22. The molecule has 0 fully saturated rings. The van der Waals surface area contributed by atoms with Crippen molar-refractivity contribution in [3.63, 3.8) is 0 Å². The van der Waals surface area contributed by atoms with E-state index in [4.69, 9.17) is 0 Å². The van der Waals surface area contributed by atoms with E-state index in [1.54, 1.807) is 48.3 Å². The maximum absolute atomic E-state index is 12.8. The Morgan fingerprint density at radius 3 is 2.03 bits per heavy atom. The average Bonchev–Trinajstić information content (AvgIpc) is 2.75. The van der Waals surface area contributed by atoms with Crippen LogP contribution in [0.25, 0.3) is 0 Å². The maximum Gasteiger partial charge on any atom is 0.264 e. The van der Waals surface area contributed by atoms with Gasteiger partial charge in [-0.05, 0) is 54.1 Å². The normalized spacial score (nSPS) is 11.1. The summed E-state index contributed by atoms with van der Waals surface area (Å²) >= 11 is 3.39. The van der Waals surface area contributed by atoms with Gasteiger partial charge in [0.2, 0.25) is 0 Å². The Labute approximate surface area is 179 Å². The van der Waals surface area contributed by atoms with Gasteiger partial charge in [0.05, 0.1) is 10.6 Å². The second-order valence-electron chi connectivity index (χ2n) is 6.62. The van der Waals surface area contributed by atoms with E-state index in [2.05, 4.69) is 15.9 Å². The molecule has 0 spiro atoms. The number of sulfonamides is 1. The number of rotatable bonds is 6. The third-order valence-corrected chi connectivity index (χ3v) is 6.89. The Bertz CT molecular complexity index is 1080. The molecule has 1 amide bonds. The first-order valence-corrected chi connectivity index (χ1v) is 11.2. The van der Waals surface area contributed by atoms with Gasteiger partial charge in [0.15, 0.2) is 0 Å². The van der Waals surface area contributed by atoms with Crippen LogP contribution in [-0.2, 0) is 16.6 Å². The molecular formula is C22H21BrN2O3S. The monoisotopic (exact) mass is 472 g/mol. The molecule has 0 aliphatic carbocycles. The zero-order valence-electron chi connectivity index (χ0n) is 16.1. The van der Waals surface area contributed by atoms with Gasteiger partial charge in [0.25, 0.3) is 15.9 Å². The lowest BCUT2D eigenvalue weighted by Gasteiger charge is -2.20. The summed E-state index contributed by atoms with van der Waals surface area (Å²) in [6.07, 6.45) is 0. The lowest BCUT2D eigenvalue weighted by Crippen LogP contribution is -2.27. The van der Waals surface area contributed by atoms with E-state index in [1.807, 2.05) is 30.3 Å². The third kappa shape index (κ3) is 4.86. The van der Waals surface area contributed by atoms with Gasteiger partial charge in [-0.1, -0.05) is 46.3 Å². The highest BCUT2D eigenvalue weighted by atomic mass is 79.9. The highest BCUT2D eigenvalue weighted by molar-refractivity contribution is 9.10. The molecule has 0 radical (unpaired) electrons. The first-order valence-electron chi connectivity index (χ1n) is 8.93.